The fraction of sp³-hybridized carbons (Fsp3) is 0.0667. The van der Waals surface area contributed by atoms with Crippen molar-refractivity contribution in [1.82, 2.24) is 5.32 Å². The van der Waals surface area contributed by atoms with Gasteiger partial charge in [-0.1, -0.05) is 6.07 Å². The fourth-order valence-corrected chi connectivity index (χ4v) is 2.37. The smallest absolute Gasteiger partial charge is 0.292 e. The van der Waals surface area contributed by atoms with E-state index in [0.29, 0.717) is 11.6 Å². The van der Waals surface area contributed by atoms with Crippen molar-refractivity contribution in [3.63, 3.8) is 0 Å². The zero-order valence-electron chi connectivity index (χ0n) is 14.1. The van der Waals surface area contributed by atoms with Crippen LogP contribution < -0.4 is 10.6 Å². The van der Waals surface area contributed by atoms with Gasteiger partial charge >= 0.3 is 0 Å². The largest absolute Gasteiger partial charge is 0.327 e. The maximum atomic E-state index is 12.3. The third-order valence-electron chi connectivity index (χ3n) is 3.41. The van der Waals surface area contributed by atoms with E-state index in [1.807, 2.05) is 0 Å². The molecule has 0 aromatic heterocycles. The van der Waals surface area contributed by atoms with Crippen molar-refractivity contribution in [3.8, 4) is 0 Å². The molecule has 0 radical (unpaired) electrons. The first kappa shape index (κ1) is 20.3. The molecular formula is C15H11N5O7S. The lowest BCUT2D eigenvalue weighted by molar-refractivity contribution is -0.394. The molecule has 0 aliphatic rings. The number of benzene rings is 2. The third-order valence-corrected chi connectivity index (χ3v) is 3.62. The number of aryl methyl sites for hydroxylation is 1. The highest BCUT2D eigenvalue weighted by atomic mass is 32.1. The van der Waals surface area contributed by atoms with Crippen LogP contribution in [0.3, 0.4) is 0 Å². The van der Waals surface area contributed by atoms with Crippen LogP contribution in [0.25, 0.3) is 0 Å². The molecule has 144 valence electrons. The summed E-state index contributed by atoms with van der Waals surface area (Å²) in [5.41, 5.74) is -1.28. The zero-order valence-corrected chi connectivity index (χ0v) is 14.9. The summed E-state index contributed by atoms with van der Waals surface area (Å²) < 4.78 is 0. The standard InChI is InChI=1S/C15H11N5O7S/c1-8-2-3-12(13(4-8)20(26)27)16-15(28)17-14(21)9-5-10(18(22)23)7-11(6-9)19(24)25/h2-7H,1H3,(H2,16,17,21,28). The average Bonchev–Trinajstić information content (AvgIpc) is 2.62. The van der Waals surface area contributed by atoms with Crippen molar-refractivity contribution in [2.45, 2.75) is 6.92 Å². The second-order valence-electron chi connectivity index (χ2n) is 5.44. The highest BCUT2D eigenvalue weighted by Crippen LogP contribution is 2.25. The van der Waals surface area contributed by atoms with Gasteiger partial charge in [-0.05, 0) is 30.8 Å². The van der Waals surface area contributed by atoms with Crippen LogP contribution >= 0.6 is 12.2 Å². The van der Waals surface area contributed by atoms with Gasteiger partial charge in [-0.2, -0.15) is 0 Å². The molecule has 0 saturated carbocycles. The number of hydrogen-bond donors (Lipinski definition) is 2. The second-order valence-corrected chi connectivity index (χ2v) is 5.85. The van der Waals surface area contributed by atoms with Crippen LogP contribution in [-0.4, -0.2) is 25.8 Å². The Balaban J connectivity index is 2.24. The van der Waals surface area contributed by atoms with Gasteiger partial charge in [0, 0.05) is 18.2 Å². The second kappa shape index (κ2) is 8.13. The van der Waals surface area contributed by atoms with E-state index in [9.17, 15) is 35.1 Å². The van der Waals surface area contributed by atoms with Crippen molar-refractivity contribution in [3.05, 3.63) is 77.9 Å². The van der Waals surface area contributed by atoms with Gasteiger partial charge in [0.1, 0.15) is 5.69 Å². The average molecular weight is 405 g/mol. The van der Waals surface area contributed by atoms with E-state index in [2.05, 4.69) is 10.6 Å². The van der Waals surface area contributed by atoms with Crippen LogP contribution in [0.2, 0.25) is 0 Å². The maximum Gasteiger partial charge on any atom is 0.292 e. The Labute approximate surface area is 161 Å². The van der Waals surface area contributed by atoms with E-state index in [1.54, 1.807) is 13.0 Å². The molecule has 13 heteroatoms. The summed E-state index contributed by atoms with van der Waals surface area (Å²) in [5, 5.41) is 37.2. The number of nitrogens with one attached hydrogen (secondary N) is 2. The summed E-state index contributed by atoms with van der Waals surface area (Å²) in [4.78, 5) is 42.8. The number of rotatable bonds is 5. The topological polar surface area (TPSA) is 171 Å². The van der Waals surface area contributed by atoms with Gasteiger partial charge in [0.2, 0.25) is 0 Å². The highest BCUT2D eigenvalue weighted by Gasteiger charge is 2.21. The number of nitro groups is 3. The molecule has 0 fully saturated rings. The Morgan fingerprint density at radius 2 is 1.50 bits per heavy atom. The molecule has 12 nitrogen and oxygen atoms in total. The SMILES string of the molecule is Cc1ccc(NC(=S)NC(=O)c2cc([N+](=O)[O-])cc([N+](=O)[O-])c2)c([N+](=O)[O-])c1. The number of nitro benzene ring substituents is 3. The number of amides is 1. The molecule has 0 aliphatic carbocycles. The van der Waals surface area contributed by atoms with Crippen LogP contribution in [-0.2, 0) is 0 Å². The number of hydrogen-bond acceptors (Lipinski definition) is 8. The first-order valence-corrected chi connectivity index (χ1v) is 7.80. The number of anilines is 1. The molecule has 0 aliphatic heterocycles. The predicted molar refractivity (Wildman–Crippen MR) is 101 cm³/mol. The molecule has 0 spiro atoms. The van der Waals surface area contributed by atoms with Crippen molar-refractivity contribution in [2.75, 3.05) is 5.32 Å². The van der Waals surface area contributed by atoms with E-state index in [1.165, 1.54) is 12.1 Å². The first-order valence-electron chi connectivity index (χ1n) is 7.39. The van der Waals surface area contributed by atoms with Crippen LogP contribution in [0.4, 0.5) is 22.7 Å². The van der Waals surface area contributed by atoms with Crippen molar-refractivity contribution < 1.29 is 19.6 Å². The molecule has 0 atom stereocenters. The molecule has 1 amide bonds. The summed E-state index contributed by atoms with van der Waals surface area (Å²) in [6.07, 6.45) is 0. The van der Waals surface area contributed by atoms with Gasteiger partial charge in [-0.25, -0.2) is 0 Å². The van der Waals surface area contributed by atoms with Crippen molar-refractivity contribution >= 4 is 46.0 Å². The minimum Gasteiger partial charge on any atom is -0.327 e. The van der Waals surface area contributed by atoms with Crippen LogP contribution in [0, 0.1) is 37.3 Å². The van der Waals surface area contributed by atoms with E-state index < -0.39 is 32.1 Å². The number of carbonyl (C=O) groups excluding carboxylic acids is 1. The fourth-order valence-electron chi connectivity index (χ4n) is 2.16. The van der Waals surface area contributed by atoms with Gasteiger partial charge in [-0.15, -0.1) is 0 Å². The van der Waals surface area contributed by atoms with E-state index in [4.69, 9.17) is 12.2 Å². The Hall–Kier alpha value is -4.00. The maximum absolute atomic E-state index is 12.3. The summed E-state index contributed by atoms with van der Waals surface area (Å²) in [7, 11) is 0. The summed E-state index contributed by atoms with van der Waals surface area (Å²) in [6.45, 7) is 1.66. The highest BCUT2D eigenvalue weighted by molar-refractivity contribution is 7.80. The molecule has 2 rings (SSSR count). The van der Waals surface area contributed by atoms with Crippen LogP contribution in [0.1, 0.15) is 15.9 Å². The predicted octanol–water partition coefficient (Wildman–Crippen LogP) is 2.85. The van der Waals surface area contributed by atoms with Gasteiger partial charge in [0.25, 0.3) is 23.0 Å². The molecule has 2 aromatic rings. The van der Waals surface area contributed by atoms with Crippen LogP contribution in [0.15, 0.2) is 36.4 Å². The number of nitrogens with zero attached hydrogens (tertiary/aromatic N) is 3. The minimum absolute atomic E-state index is 0.0194. The van der Waals surface area contributed by atoms with Gasteiger partial charge in [0.15, 0.2) is 5.11 Å². The number of thiocarbonyl (C=S) groups is 1. The lowest BCUT2D eigenvalue weighted by Crippen LogP contribution is -2.34. The van der Waals surface area contributed by atoms with Crippen molar-refractivity contribution in [1.29, 1.82) is 0 Å². The van der Waals surface area contributed by atoms with E-state index >= 15 is 0 Å². The summed E-state index contributed by atoms with van der Waals surface area (Å²) in [6, 6.07) is 6.69. The summed E-state index contributed by atoms with van der Waals surface area (Å²) in [5.74, 6) is -0.959. The molecular weight excluding hydrogens is 394 g/mol. The monoisotopic (exact) mass is 405 g/mol. The lowest BCUT2D eigenvalue weighted by atomic mass is 10.1. The summed E-state index contributed by atoms with van der Waals surface area (Å²) >= 11 is 4.93. The molecule has 0 heterocycles. The Kier molecular flexibility index (Phi) is 5.90. The number of non-ortho nitro benzene ring substituents is 2. The third kappa shape index (κ3) is 4.79. The quantitative estimate of drug-likeness (QED) is 0.431. The molecule has 2 aromatic carbocycles. The molecule has 28 heavy (non-hydrogen) atoms. The van der Waals surface area contributed by atoms with E-state index in [0.717, 1.165) is 12.1 Å². The van der Waals surface area contributed by atoms with E-state index in [-0.39, 0.29) is 22.1 Å². The minimum atomic E-state index is -0.959. The Morgan fingerprint density at radius 1 is 0.929 bits per heavy atom. The van der Waals surface area contributed by atoms with Gasteiger partial charge in [0.05, 0.1) is 26.4 Å². The molecule has 0 bridgehead atoms. The van der Waals surface area contributed by atoms with Gasteiger partial charge in [-0.3, -0.25) is 40.5 Å². The molecule has 0 unspecified atom stereocenters. The normalized spacial score (nSPS) is 10.0. The molecule has 2 N–H and O–H groups in total. The van der Waals surface area contributed by atoms with Crippen molar-refractivity contribution in [2.24, 2.45) is 0 Å². The lowest BCUT2D eigenvalue weighted by Gasteiger charge is -2.10. The Bertz CT molecular complexity index is 992. The molecule has 0 saturated heterocycles. The Morgan fingerprint density at radius 3 is 2.00 bits per heavy atom. The number of carbonyl (C=O) groups is 1. The first-order chi connectivity index (χ1) is 13.1. The zero-order chi connectivity index (χ0) is 21.0. The van der Waals surface area contributed by atoms with Gasteiger partial charge < -0.3 is 5.32 Å². The van der Waals surface area contributed by atoms with Crippen LogP contribution in [0.5, 0.6) is 0 Å².